The normalized spacial score (nSPS) is 18.9. The van der Waals surface area contributed by atoms with Crippen LogP contribution in [0.25, 0.3) is 0 Å². The van der Waals surface area contributed by atoms with Crippen LogP contribution in [-0.2, 0) is 14.3 Å². The standard InChI is InChI=1S/C16H21NO5S/c1-21-12-4-6-13(7-5-12)23-10-14(18)17-15(16(19)20)11-3-2-8-22-9-11/h4-7,11,15H,2-3,8-10H2,1H3,(H,17,18)(H,19,20). The summed E-state index contributed by atoms with van der Waals surface area (Å²) in [6, 6.07) is 6.47. The van der Waals surface area contributed by atoms with Gasteiger partial charge >= 0.3 is 5.97 Å². The molecule has 2 N–H and O–H groups in total. The number of methoxy groups -OCH3 is 1. The van der Waals surface area contributed by atoms with Gasteiger partial charge in [-0.25, -0.2) is 4.79 Å². The Balaban J connectivity index is 1.84. The molecule has 1 aliphatic rings. The first-order valence-electron chi connectivity index (χ1n) is 7.47. The summed E-state index contributed by atoms with van der Waals surface area (Å²) >= 11 is 1.36. The number of amides is 1. The molecule has 0 aliphatic carbocycles. The van der Waals surface area contributed by atoms with Crippen LogP contribution in [0, 0.1) is 5.92 Å². The van der Waals surface area contributed by atoms with Crippen LogP contribution in [0.5, 0.6) is 5.75 Å². The Bertz CT molecular complexity index is 528. The first-order chi connectivity index (χ1) is 11.1. The zero-order valence-corrected chi connectivity index (χ0v) is 13.8. The summed E-state index contributed by atoms with van der Waals surface area (Å²) < 4.78 is 10.4. The molecule has 0 saturated carbocycles. The summed E-state index contributed by atoms with van der Waals surface area (Å²) in [7, 11) is 1.59. The monoisotopic (exact) mass is 339 g/mol. The summed E-state index contributed by atoms with van der Waals surface area (Å²) in [6.45, 7) is 1.03. The molecule has 126 valence electrons. The van der Waals surface area contributed by atoms with Gasteiger partial charge in [-0.3, -0.25) is 4.79 Å². The van der Waals surface area contributed by atoms with Gasteiger partial charge in [-0.05, 0) is 37.1 Å². The van der Waals surface area contributed by atoms with Gasteiger partial charge in [-0.1, -0.05) is 0 Å². The van der Waals surface area contributed by atoms with E-state index in [1.165, 1.54) is 11.8 Å². The zero-order chi connectivity index (χ0) is 16.7. The van der Waals surface area contributed by atoms with Crippen molar-refractivity contribution in [3.05, 3.63) is 24.3 Å². The summed E-state index contributed by atoms with van der Waals surface area (Å²) in [5.74, 6) is -0.547. The molecule has 2 atom stereocenters. The molecule has 2 rings (SSSR count). The molecule has 1 aromatic rings. The number of hydrogen-bond donors (Lipinski definition) is 2. The second kappa shape index (κ2) is 8.79. The van der Waals surface area contributed by atoms with Crippen LogP contribution in [0.4, 0.5) is 0 Å². The highest BCUT2D eigenvalue weighted by molar-refractivity contribution is 8.00. The van der Waals surface area contributed by atoms with E-state index in [0.29, 0.717) is 13.2 Å². The van der Waals surface area contributed by atoms with Gasteiger partial charge in [-0.15, -0.1) is 11.8 Å². The number of aliphatic carboxylic acids is 1. The maximum Gasteiger partial charge on any atom is 0.326 e. The Morgan fingerprint density at radius 1 is 1.43 bits per heavy atom. The van der Waals surface area contributed by atoms with E-state index in [4.69, 9.17) is 9.47 Å². The molecule has 1 aromatic carbocycles. The van der Waals surface area contributed by atoms with Crippen LogP contribution < -0.4 is 10.1 Å². The fraction of sp³-hybridized carbons (Fsp3) is 0.500. The maximum absolute atomic E-state index is 12.0. The molecule has 0 bridgehead atoms. The lowest BCUT2D eigenvalue weighted by molar-refractivity contribution is -0.144. The van der Waals surface area contributed by atoms with Crippen molar-refractivity contribution in [2.75, 3.05) is 26.1 Å². The first kappa shape index (κ1) is 17.6. The number of rotatable bonds is 7. The number of carboxylic acid groups (broad SMARTS) is 1. The van der Waals surface area contributed by atoms with Crippen molar-refractivity contribution in [2.24, 2.45) is 5.92 Å². The highest BCUT2D eigenvalue weighted by Crippen LogP contribution is 2.22. The number of hydrogen-bond acceptors (Lipinski definition) is 5. The smallest absolute Gasteiger partial charge is 0.326 e. The number of benzene rings is 1. The molecular formula is C16H21NO5S. The number of ether oxygens (including phenoxy) is 2. The van der Waals surface area contributed by atoms with Crippen molar-refractivity contribution in [3.8, 4) is 5.75 Å². The molecule has 0 spiro atoms. The van der Waals surface area contributed by atoms with E-state index in [1.807, 2.05) is 24.3 Å². The quantitative estimate of drug-likeness (QED) is 0.737. The van der Waals surface area contributed by atoms with Crippen LogP contribution in [0.2, 0.25) is 0 Å². The van der Waals surface area contributed by atoms with Gasteiger partial charge < -0.3 is 19.9 Å². The van der Waals surface area contributed by atoms with E-state index in [9.17, 15) is 14.7 Å². The van der Waals surface area contributed by atoms with Crippen molar-refractivity contribution in [2.45, 2.75) is 23.8 Å². The maximum atomic E-state index is 12.0. The van der Waals surface area contributed by atoms with Gasteiger partial charge in [0, 0.05) is 17.4 Å². The van der Waals surface area contributed by atoms with E-state index in [2.05, 4.69) is 5.32 Å². The minimum atomic E-state index is -1.01. The SMILES string of the molecule is COc1ccc(SCC(=O)NC(C(=O)O)C2CCCOC2)cc1. The minimum absolute atomic E-state index is 0.170. The second-order valence-electron chi connectivity index (χ2n) is 5.32. The Morgan fingerprint density at radius 3 is 2.74 bits per heavy atom. The fourth-order valence-electron chi connectivity index (χ4n) is 2.45. The Kier molecular flexibility index (Phi) is 6.73. The number of thioether (sulfide) groups is 1. The highest BCUT2D eigenvalue weighted by Gasteiger charge is 2.31. The van der Waals surface area contributed by atoms with Crippen molar-refractivity contribution >= 4 is 23.6 Å². The molecule has 0 radical (unpaired) electrons. The van der Waals surface area contributed by atoms with Gasteiger partial charge in [0.15, 0.2) is 0 Å². The van der Waals surface area contributed by atoms with Gasteiger partial charge in [0.05, 0.1) is 19.5 Å². The first-order valence-corrected chi connectivity index (χ1v) is 8.45. The summed E-state index contributed by atoms with van der Waals surface area (Å²) in [6.07, 6.45) is 1.58. The lowest BCUT2D eigenvalue weighted by Gasteiger charge is -2.28. The third-order valence-corrected chi connectivity index (χ3v) is 4.69. The average Bonchev–Trinajstić information content (AvgIpc) is 2.58. The molecule has 1 aliphatic heterocycles. The average molecular weight is 339 g/mol. The molecule has 1 heterocycles. The van der Waals surface area contributed by atoms with Crippen LogP contribution in [-0.4, -0.2) is 49.1 Å². The lowest BCUT2D eigenvalue weighted by Crippen LogP contribution is -2.48. The van der Waals surface area contributed by atoms with Crippen molar-refractivity contribution in [3.63, 3.8) is 0 Å². The topological polar surface area (TPSA) is 84.9 Å². The molecule has 7 heteroatoms. The van der Waals surface area contributed by atoms with E-state index >= 15 is 0 Å². The molecule has 1 fully saturated rings. The number of nitrogens with one attached hydrogen (secondary N) is 1. The van der Waals surface area contributed by atoms with Crippen LogP contribution in [0.3, 0.4) is 0 Å². The number of carboxylic acids is 1. The lowest BCUT2D eigenvalue weighted by atomic mass is 9.94. The predicted molar refractivity (Wildman–Crippen MR) is 86.8 cm³/mol. The molecule has 1 saturated heterocycles. The molecule has 2 unspecified atom stereocenters. The van der Waals surface area contributed by atoms with Crippen LogP contribution >= 0.6 is 11.8 Å². The van der Waals surface area contributed by atoms with Crippen LogP contribution in [0.1, 0.15) is 12.8 Å². The van der Waals surface area contributed by atoms with E-state index in [-0.39, 0.29) is 17.6 Å². The zero-order valence-electron chi connectivity index (χ0n) is 13.0. The fourth-order valence-corrected chi connectivity index (χ4v) is 3.16. The van der Waals surface area contributed by atoms with E-state index < -0.39 is 12.0 Å². The number of carbonyl (C=O) groups is 2. The molecule has 1 amide bonds. The molecule has 6 nitrogen and oxygen atoms in total. The van der Waals surface area contributed by atoms with E-state index in [1.54, 1.807) is 7.11 Å². The number of carbonyl (C=O) groups excluding carboxylic acids is 1. The predicted octanol–water partition coefficient (Wildman–Crippen LogP) is 1.78. The van der Waals surface area contributed by atoms with Gasteiger partial charge in [0.1, 0.15) is 11.8 Å². The largest absolute Gasteiger partial charge is 0.497 e. The highest BCUT2D eigenvalue weighted by atomic mass is 32.2. The third kappa shape index (κ3) is 5.44. The van der Waals surface area contributed by atoms with E-state index in [0.717, 1.165) is 23.5 Å². The van der Waals surface area contributed by atoms with Crippen molar-refractivity contribution in [1.82, 2.24) is 5.32 Å². The second-order valence-corrected chi connectivity index (χ2v) is 6.37. The van der Waals surface area contributed by atoms with Gasteiger partial charge in [0.25, 0.3) is 0 Å². The molecule has 23 heavy (non-hydrogen) atoms. The van der Waals surface area contributed by atoms with Gasteiger partial charge in [-0.2, -0.15) is 0 Å². The third-order valence-electron chi connectivity index (χ3n) is 3.68. The van der Waals surface area contributed by atoms with Gasteiger partial charge in [0.2, 0.25) is 5.91 Å². The Labute approximate surface area is 139 Å². The van der Waals surface area contributed by atoms with Crippen LogP contribution in [0.15, 0.2) is 29.2 Å². The Hall–Kier alpha value is -1.73. The van der Waals surface area contributed by atoms with Crippen molar-refractivity contribution in [1.29, 1.82) is 0 Å². The summed E-state index contributed by atoms with van der Waals surface area (Å²) in [4.78, 5) is 24.3. The summed E-state index contributed by atoms with van der Waals surface area (Å²) in [5, 5.41) is 11.9. The Morgan fingerprint density at radius 2 is 2.17 bits per heavy atom. The molecular weight excluding hydrogens is 318 g/mol. The minimum Gasteiger partial charge on any atom is -0.497 e. The molecule has 0 aromatic heterocycles. The van der Waals surface area contributed by atoms with Crippen molar-refractivity contribution < 1.29 is 24.2 Å². The summed E-state index contributed by atoms with van der Waals surface area (Å²) in [5.41, 5.74) is 0.